The quantitative estimate of drug-likeness (QED) is 0.553. The van der Waals surface area contributed by atoms with Crippen LogP contribution in [0.25, 0.3) is 0 Å². The van der Waals surface area contributed by atoms with Crippen molar-refractivity contribution in [1.82, 2.24) is 20.1 Å². The first-order chi connectivity index (χ1) is 9.86. The van der Waals surface area contributed by atoms with E-state index in [1.54, 1.807) is 11.5 Å². The number of ether oxygens (including phenoxy) is 1. The molecule has 0 saturated carbocycles. The molecule has 1 atom stereocenters. The molecule has 0 saturated heterocycles. The molecule has 7 nitrogen and oxygen atoms in total. The molecule has 21 heavy (non-hydrogen) atoms. The van der Waals surface area contributed by atoms with Gasteiger partial charge < -0.3 is 10.1 Å². The van der Waals surface area contributed by atoms with Crippen LogP contribution in [0.2, 0.25) is 0 Å². The van der Waals surface area contributed by atoms with Crippen molar-refractivity contribution in [3.8, 4) is 0 Å². The van der Waals surface area contributed by atoms with Crippen LogP contribution in [0, 0.1) is 0 Å². The van der Waals surface area contributed by atoms with Crippen LogP contribution >= 0.6 is 11.8 Å². The maximum Gasteiger partial charge on any atom is 0.344 e. The van der Waals surface area contributed by atoms with E-state index in [0.717, 1.165) is 0 Å². The number of H-pyrrole nitrogens is 1. The van der Waals surface area contributed by atoms with Gasteiger partial charge in [0.15, 0.2) is 5.16 Å². The Kier molecular flexibility index (Phi) is 6.97. The second-order valence-corrected chi connectivity index (χ2v) is 6.20. The van der Waals surface area contributed by atoms with Gasteiger partial charge in [-0.2, -0.15) is 0 Å². The Morgan fingerprint density at radius 3 is 2.62 bits per heavy atom. The summed E-state index contributed by atoms with van der Waals surface area (Å²) in [5.74, 6) is 0.168. The van der Waals surface area contributed by atoms with E-state index in [4.69, 9.17) is 4.74 Å². The number of thioether (sulfide) groups is 1. The number of aromatic amines is 1. The highest BCUT2D eigenvalue weighted by Crippen LogP contribution is 2.18. The van der Waals surface area contributed by atoms with Gasteiger partial charge in [0, 0.05) is 17.8 Å². The summed E-state index contributed by atoms with van der Waals surface area (Å²) in [6, 6.07) is -0.258. The molecule has 1 heterocycles. The predicted molar refractivity (Wildman–Crippen MR) is 82.6 cm³/mol. The largest absolute Gasteiger partial charge is 0.465 e. The molecule has 0 fully saturated rings. The molecule has 120 valence electrons. The third kappa shape index (κ3) is 5.20. The molecular formula is C13H24N4O3S. The minimum absolute atomic E-state index is 0.0119. The van der Waals surface area contributed by atoms with Crippen LogP contribution in [0.1, 0.15) is 40.7 Å². The Morgan fingerprint density at radius 2 is 2.10 bits per heavy atom. The van der Waals surface area contributed by atoms with Gasteiger partial charge in [-0.3, -0.25) is 9.36 Å². The lowest BCUT2D eigenvalue weighted by Gasteiger charge is -2.19. The molecule has 0 aliphatic carbocycles. The smallest absolute Gasteiger partial charge is 0.344 e. The summed E-state index contributed by atoms with van der Waals surface area (Å²) in [6.45, 7) is 9.89. The lowest BCUT2D eigenvalue weighted by atomic mass is 10.3. The zero-order valence-corrected chi connectivity index (χ0v) is 14.0. The van der Waals surface area contributed by atoms with E-state index in [2.05, 4.69) is 15.5 Å². The minimum Gasteiger partial charge on any atom is -0.465 e. The van der Waals surface area contributed by atoms with Crippen LogP contribution in [-0.4, -0.2) is 45.2 Å². The van der Waals surface area contributed by atoms with Crippen molar-refractivity contribution in [3.05, 3.63) is 10.5 Å². The van der Waals surface area contributed by atoms with Gasteiger partial charge in [0.1, 0.15) is 6.04 Å². The highest BCUT2D eigenvalue weighted by Gasteiger charge is 2.22. The molecule has 1 unspecified atom stereocenters. The van der Waals surface area contributed by atoms with E-state index in [9.17, 15) is 9.59 Å². The van der Waals surface area contributed by atoms with Gasteiger partial charge in [-0.25, -0.2) is 9.89 Å². The fraction of sp³-hybridized carbons (Fsp3) is 0.769. The van der Waals surface area contributed by atoms with E-state index in [-0.39, 0.29) is 23.7 Å². The highest BCUT2D eigenvalue weighted by molar-refractivity contribution is 7.99. The lowest BCUT2D eigenvalue weighted by Crippen LogP contribution is -2.43. The zero-order valence-electron chi connectivity index (χ0n) is 13.2. The molecule has 0 aliphatic rings. The fourth-order valence-electron chi connectivity index (χ4n) is 1.83. The van der Waals surface area contributed by atoms with Crippen LogP contribution in [0.3, 0.4) is 0 Å². The number of carbonyl (C=O) groups excluding carboxylic acids is 1. The third-order valence-corrected chi connectivity index (χ3v) is 3.72. The SMILES string of the molecule is CCOC(=O)C(CSc1n[nH]c(=O)n1C(C)C)NC(C)C. The molecule has 0 spiro atoms. The first-order valence-electron chi connectivity index (χ1n) is 7.09. The number of hydrogen-bond donors (Lipinski definition) is 2. The first kappa shape index (κ1) is 17.8. The molecule has 1 aromatic heterocycles. The zero-order chi connectivity index (χ0) is 16.0. The Hall–Kier alpha value is -1.28. The molecule has 0 radical (unpaired) electrons. The van der Waals surface area contributed by atoms with E-state index < -0.39 is 6.04 Å². The monoisotopic (exact) mass is 316 g/mol. The summed E-state index contributed by atoms with van der Waals surface area (Å²) in [4.78, 5) is 23.6. The Balaban J connectivity index is 2.77. The Labute approximate surface area is 128 Å². The molecular weight excluding hydrogens is 292 g/mol. The van der Waals surface area contributed by atoms with Gasteiger partial charge in [-0.15, -0.1) is 5.10 Å². The van der Waals surface area contributed by atoms with Crippen molar-refractivity contribution >= 4 is 17.7 Å². The van der Waals surface area contributed by atoms with Crippen LogP contribution < -0.4 is 11.0 Å². The number of nitrogens with one attached hydrogen (secondary N) is 2. The average Bonchev–Trinajstić information content (AvgIpc) is 2.75. The van der Waals surface area contributed by atoms with Crippen LogP contribution in [0.5, 0.6) is 0 Å². The van der Waals surface area contributed by atoms with Gasteiger partial charge >= 0.3 is 11.7 Å². The normalized spacial score (nSPS) is 12.9. The third-order valence-electron chi connectivity index (χ3n) is 2.67. The van der Waals surface area contributed by atoms with Crippen molar-refractivity contribution in [2.75, 3.05) is 12.4 Å². The second kappa shape index (κ2) is 8.23. The minimum atomic E-state index is -0.428. The van der Waals surface area contributed by atoms with E-state index in [0.29, 0.717) is 17.5 Å². The van der Waals surface area contributed by atoms with Gasteiger partial charge in [-0.05, 0) is 20.8 Å². The van der Waals surface area contributed by atoms with Gasteiger partial charge in [0.2, 0.25) is 0 Å². The summed E-state index contributed by atoms with van der Waals surface area (Å²) < 4.78 is 6.64. The van der Waals surface area contributed by atoms with E-state index >= 15 is 0 Å². The Bertz CT molecular complexity index is 510. The maximum atomic E-state index is 11.9. The highest BCUT2D eigenvalue weighted by atomic mass is 32.2. The summed E-state index contributed by atoms with van der Waals surface area (Å²) in [6.07, 6.45) is 0. The lowest BCUT2D eigenvalue weighted by molar-refractivity contribution is -0.145. The number of nitrogens with zero attached hydrogens (tertiary/aromatic N) is 2. The number of hydrogen-bond acceptors (Lipinski definition) is 6. The van der Waals surface area contributed by atoms with Crippen molar-refractivity contribution < 1.29 is 9.53 Å². The second-order valence-electron chi connectivity index (χ2n) is 5.21. The van der Waals surface area contributed by atoms with Gasteiger partial charge in [-0.1, -0.05) is 25.6 Å². The summed E-state index contributed by atoms with van der Waals surface area (Å²) in [5.41, 5.74) is -0.239. The van der Waals surface area contributed by atoms with Gasteiger partial charge in [0.05, 0.1) is 6.61 Å². The fourth-order valence-corrected chi connectivity index (χ4v) is 2.93. The Morgan fingerprint density at radius 1 is 1.43 bits per heavy atom. The number of rotatable bonds is 8. The van der Waals surface area contributed by atoms with E-state index in [1.807, 2.05) is 27.7 Å². The maximum absolute atomic E-state index is 11.9. The van der Waals surface area contributed by atoms with Crippen molar-refractivity contribution in [2.24, 2.45) is 0 Å². The average molecular weight is 316 g/mol. The molecule has 8 heteroatoms. The molecule has 2 N–H and O–H groups in total. The summed E-state index contributed by atoms with van der Waals surface area (Å²) in [5, 5.41) is 10.2. The standard InChI is InChI=1S/C13H24N4O3S/c1-6-20-11(18)10(14-8(2)3)7-21-13-16-15-12(19)17(13)9(4)5/h8-10,14H,6-7H2,1-5H3,(H,15,19). The summed E-state index contributed by atoms with van der Waals surface area (Å²) >= 11 is 1.36. The van der Waals surface area contributed by atoms with Crippen molar-refractivity contribution in [2.45, 2.75) is 57.9 Å². The van der Waals surface area contributed by atoms with E-state index in [1.165, 1.54) is 11.8 Å². The molecule has 0 bridgehead atoms. The predicted octanol–water partition coefficient (Wildman–Crippen LogP) is 1.17. The molecule has 1 aromatic rings. The first-order valence-corrected chi connectivity index (χ1v) is 8.07. The number of aromatic nitrogens is 3. The molecule has 0 aromatic carbocycles. The van der Waals surface area contributed by atoms with Crippen molar-refractivity contribution in [1.29, 1.82) is 0 Å². The van der Waals surface area contributed by atoms with Crippen molar-refractivity contribution in [3.63, 3.8) is 0 Å². The van der Waals surface area contributed by atoms with Gasteiger partial charge in [0.25, 0.3) is 0 Å². The van der Waals surface area contributed by atoms with Crippen LogP contribution in [0.4, 0.5) is 0 Å². The molecule has 0 amide bonds. The van der Waals surface area contributed by atoms with Crippen LogP contribution in [-0.2, 0) is 9.53 Å². The van der Waals surface area contributed by atoms with Crippen LogP contribution in [0.15, 0.2) is 9.95 Å². The summed E-state index contributed by atoms with van der Waals surface area (Å²) in [7, 11) is 0. The topological polar surface area (TPSA) is 89.0 Å². The molecule has 1 rings (SSSR count). The number of esters is 1. The number of carbonyl (C=O) groups is 1. The molecule has 0 aliphatic heterocycles.